The van der Waals surface area contributed by atoms with Crippen molar-refractivity contribution in [2.24, 2.45) is 0 Å². The van der Waals surface area contributed by atoms with Crippen molar-refractivity contribution in [3.63, 3.8) is 0 Å². The molecular formula is C15H24MoO6Si2. The normalized spacial score (nSPS) is 8.25. The predicted octanol–water partition coefficient (Wildman–Crippen LogP) is 3.10. The van der Waals surface area contributed by atoms with E-state index in [1.165, 1.54) is 4.08 Å². The fourth-order valence-corrected chi connectivity index (χ4v) is 19.7. The van der Waals surface area contributed by atoms with Crippen LogP contribution in [-0.2, 0) is 47.4 Å². The number of ether oxygens (including phenoxy) is 1. The Morgan fingerprint density at radius 3 is 1.08 bits per heavy atom. The molecule has 6 nitrogen and oxygen atoms in total. The Morgan fingerprint density at radius 2 is 0.958 bits per heavy atom. The van der Waals surface area contributed by atoms with Crippen molar-refractivity contribution in [1.82, 2.24) is 0 Å². The van der Waals surface area contributed by atoms with Crippen molar-refractivity contribution in [3.8, 4) is 0 Å². The summed E-state index contributed by atoms with van der Waals surface area (Å²) >= 11 is 2.11. The predicted molar refractivity (Wildman–Crippen MR) is 86.7 cm³/mol. The van der Waals surface area contributed by atoms with Crippen LogP contribution < -0.4 is 0 Å². The van der Waals surface area contributed by atoms with Crippen molar-refractivity contribution in [1.29, 1.82) is 0 Å². The van der Waals surface area contributed by atoms with Crippen LogP contribution in [0.5, 0.6) is 0 Å². The fraction of sp³-hybridized carbons (Fsp3) is 0.600. The molecule has 0 heterocycles. The zero-order chi connectivity index (χ0) is 21.6. The van der Waals surface area contributed by atoms with E-state index in [4.69, 9.17) is 28.0 Å². The van der Waals surface area contributed by atoms with E-state index in [0.29, 0.717) is 0 Å². The van der Waals surface area contributed by atoms with Gasteiger partial charge in [-0.3, -0.25) is 0 Å². The third kappa shape index (κ3) is 26.5. The summed E-state index contributed by atoms with van der Waals surface area (Å²) in [5, 5.41) is 0.778. The van der Waals surface area contributed by atoms with E-state index in [-0.39, 0.29) is 0 Å². The number of hydrogen-bond donors (Lipinski definition) is 0. The molecule has 0 amide bonds. The van der Waals surface area contributed by atoms with Crippen LogP contribution in [0, 0.1) is 33.3 Å². The summed E-state index contributed by atoms with van der Waals surface area (Å²) < 4.78 is 44.6. The summed E-state index contributed by atoms with van der Waals surface area (Å²) in [7, 11) is -2.24. The van der Waals surface area contributed by atoms with E-state index >= 15 is 0 Å². The van der Waals surface area contributed by atoms with Gasteiger partial charge in [0.05, 0.1) is 0 Å². The molecule has 0 bridgehead atoms. The minimum atomic E-state index is -1.12. The topological polar surface area (TPSA) is 109 Å². The Hall–Kier alpha value is -0.348. The van der Waals surface area contributed by atoms with Gasteiger partial charge < -0.3 is 0 Å². The Bertz CT molecular complexity index is 337. The average molecular weight is 452 g/mol. The molecule has 0 atom stereocenters. The molecule has 0 spiro atoms. The first-order chi connectivity index (χ1) is 11.1. The molecule has 134 valence electrons. The van der Waals surface area contributed by atoms with Crippen LogP contribution in [0.2, 0.25) is 44.4 Å². The summed E-state index contributed by atoms with van der Waals surface area (Å²) in [5.41, 5.74) is 0. The van der Waals surface area contributed by atoms with Gasteiger partial charge in [0.1, 0.15) is 0 Å². The maximum absolute atomic E-state index is 7.50. The van der Waals surface area contributed by atoms with Gasteiger partial charge in [-0.15, -0.1) is 0 Å². The molecule has 0 saturated carbocycles. The first-order valence-electron chi connectivity index (χ1n) is 6.29. The first kappa shape index (κ1) is 38.9. The molecule has 0 aliphatic heterocycles. The molecule has 0 aromatic heterocycles. The molecule has 0 saturated heterocycles. The molecule has 0 N–H and O–H groups in total. The van der Waals surface area contributed by atoms with Crippen LogP contribution in [-0.4, -0.2) is 26.8 Å². The van der Waals surface area contributed by atoms with Crippen LogP contribution in [0.3, 0.4) is 0 Å². The summed E-state index contributed by atoms with van der Waals surface area (Å²) in [5.74, 6) is 0. The summed E-state index contributed by atoms with van der Waals surface area (Å²) in [6, 6.07) is 0. The van der Waals surface area contributed by atoms with E-state index in [1.54, 1.807) is 0 Å². The maximum atomic E-state index is 7.50. The van der Waals surface area contributed by atoms with E-state index < -0.39 is 16.1 Å². The monoisotopic (exact) mass is 454 g/mol. The fourth-order valence-electron chi connectivity index (χ4n) is 2.23. The Balaban J connectivity index is -0.0000000687. The van der Waals surface area contributed by atoms with Crippen LogP contribution in [0.1, 0.15) is 6.92 Å². The van der Waals surface area contributed by atoms with Gasteiger partial charge in [0.25, 0.3) is 0 Å². The van der Waals surface area contributed by atoms with Gasteiger partial charge in [-0.25, -0.2) is 0 Å². The first-order valence-corrected chi connectivity index (χ1v) is 14.4. The van der Waals surface area contributed by atoms with Gasteiger partial charge >= 0.3 is 159 Å². The Morgan fingerprint density at radius 1 is 0.750 bits per heavy atom. The van der Waals surface area contributed by atoms with Gasteiger partial charge in [-0.2, -0.15) is 0 Å². The quantitative estimate of drug-likeness (QED) is 0.357. The average Bonchev–Trinajstić information content (AvgIpc) is 2.54. The van der Waals surface area contributed by atoms with E-state index in [9.17, 15) is 0 Å². The third-order valence-electron chi connectivity index (χ3n) is 2.25. The third-order valence-corrected chi connectivity index (χ3v) is 13.4. The van der Waals surface area contributed by atoms with Crippen molar-refractivity contribution >= 4 is 20.2 Å². The van der Waals surface area contributed by atoms with Gasteiger partial charge in [-0.1, -0.05) is 0 Å². The SMILES string of the molecule is CCO[C](=[Mo])C([Si](C)(C)C)[Si](C)(C)C.[C-]#[O+].[C-]#[O+].[C-]#[O+].[C-]#[O+].[C-]#[O+]. The molecule has 0 radical (unpaired) electrons. The van der Waals surface area contributed by atoms with E-state index in [2.05, 4.69) is 98.8 Å². The summed E-state index contributed by atoms with van der Waals surface area (Å²) in [6.07, 6.45) is 0. The van der Waals surface area contributed by atoms with Crippen molar-refractivity contribution in [2.75, 3.05) is 6.61 Å². The van der Waals surface area contributed by atoms with Crippen LogP contribution in [0.4, 0.5) is 0 Å². The molecular weight excluding hydrogens is 428 g/mol. The molecule has 0 rings (SSSR count). The molecule has 24 heavy (non-hydrogen) atoms. The summed E-state index contributed by atoms with van der Waals surface area (Å²) in [4.78, 5) is 0. The van der Waals surface area contributed by atoms with Crippen LogP contribution >= 0.6 is 0 Å². The molecule has 9 heteroatoms. The zero-order valence-electron chi connectivity index (χ0n) is 15.1. The molecule has 0 aromatic carbocycles. The van der Waals surface area contributed by atoms with Crippen molar-refractivity contribution < 1.29 is 47.4 Å². The standard InChI is InChI=1S/C10H24OSi2.5CO.Mo/c1-8-11-9-10(12(2,3)4)13(5,6)7;5*1-2;/h10H,8H2,1-7H3;;;;;;. The van der Waals surface area contributed by atoms with Gasteiger partial charge in [0.15, 0.2) is 0 Å². The van der Waals surface area contributed by atoms with Gasteiger partial charge in [0, 0.05) is 0 Å². The van der Waals surface area contributed by atoms with Gasteiger partial charge in [-0.05, 0) is 0 Å². The molecule has 0 aliphatic rings. The van der Waals surface area contributed by atoms with Crippen LogP contribution in [0.15, 0.2) is 0 Å². The Kier molecular flexibility index (Phi) is 44.6. The molecule has 0 aliphatic carbocycles. The second kappa shape index (κ2) is 27.5. The molecule has 0 aromatic rings. The number of rotatable bonds is 5. The van der Waals surface area contributed by atoms with Gasteiger partial charge in [0.2, 0.25) is 0 Å². The molecule has 0 fully saturated rings. The molecule has 0 unspecified atom stereocenters. The Labute approximate surface area is 158 Å². The number of hydrogen-bond acceptors (Lipinski definition) is 1. The van der Waals surface area contributed by atoms with E-state index in [1.807, 2.05) is 0 Å². The van der Waals surface area contributed by atoms with Crippen molar-refractivity contribution in [2.45, 2.75) is 51.4 Å². The van der Waals surface area contributed by atoms with E-state index in [0.717, 1.165) is 11.8 Å². The van der Waals surface area contributed by atoms with Crippen molar-refractivity contribution in [3.05, 3.63) is 33.3 Å². The second-order valence-electron chi connectivity index (χ2n) is 5.92. The zero-order valence-corrected chi connectivity index (χ0v) is 19.1. The second-order valence-corrected chi connectivity index (χ2v) is 18.1. The van der Waals surface area contributed by atoms with Crippen LogP contribution in [0.25, 0.3) is 0 Å². The minimum absolute atomic E-state index is 0.778. The summed E-state index contributed by atoms with van der Waals surface area (Å²) in [6.45, 7) is 40.1.